The maximum atomic E-state index is 11.4. The van der Waals surface area contributed by atoms with Gasteiger partial charge in [0.2, 0.25) is 11.8 Å². The molecule has 6 aromatic rings. The number of hydrogen-bond acceptors (Lipinski definition) is 7. The van der Waals surface area contributed by atoms with Crippen LogP contribution < -0.4 is 0 Å². The molecule has 0 bridgehead atoms. The molecule has 0 saturated heterocycles. The Morgan fingerprint density at radius 1 is 0.849 bits per heavy atom. The van der Waals surface area contributed by atoms with Gasteiger partial charge in [0.05, 0.1) is 12.3 Å². The Bertz CT molecular complexity index is 2130. The van der Waals surface area contributed by atoms with E-state index in [4.69, 9.17) is 23.3 Å². The van der Waals surface area contributed by atoms with Crippen LogP contribution in [0.1, 0.15) is 82.4 Å². The van der Waals surface area contributed by atoms with Crippen molar-refractivity contribution in [2.24, 2.45) is 11.8 Å². The zero-order valence-electron chi connectivity index (χ0n) is 31.2. The molecule has 4 aromatic carbocycles. The molecular weight excluding hydrogens is 779 g/mol. The van der Waals surface area contributed by atoms with E-state index in [1.54, 1.807) is 21.0 Å². The number of rotatable bonds is 12. The molecule has 0 aliphatic heterocycles. The third-order valence-electron chi connectivity index (χ3n) is 10.2. The first kappa shape index (κ1) is 38.7. The minimum absolute atomic E-state index is 0.164. The van der Waals surface area contributed by atoms with Gasteiger partial charge in [-0.1, -0.05) is 104 Å². The molecule has 1 unspecified atom stereocenters. The summed E-state index contributed by atoms with van der Waals surface area (Å²) in [7, 11) is 1.74. The van der Waals surface area contributed by atoms with Gasteiger partial charge in [-0.25, -0.2) is 14.8 Å². The van der Waals surface area contributed by atoms with E-state index in [0.29, 0.717) is 18.4 Å². The highest BCUT2D eigenvalue weighted by Crippen LogP contribution is 2.41. The molecule has 9 heteroatoms. The van der Waals surface area contributed by atoms with E-state index in [-0.39, 0.29) is 12.0 Å². The third-order valence-corrected chi connectivity index (χ3v) is 11.0. The van der Waals surface area contributed by atoms with Crippen LogP contribution in [0.4, 0.5) is 0 Å². The molecule has 0 amide bonds. The van der Waals surface area contributed by atoms with Gasteiger partial charge in [-0.15, -0.1) is 0 Å². The van der Waals surface area contributed by atoms with Gasteiger partial charge in [-0.2, -0.15) is 0 Å². The molecule has 1 aliphatic carbocycles. The van der Waals surface area contributed by atoms with Crippen molar-refractivity contribution < 1.29 is 28.2 Å². The van der Waals surface area contributed by atoms with Crippen molar-refractivity contribution in [3.8, 4) is 22.9 Å². The van der Waals surface area contributed by atoms with Crippen molar-refractivity contribution in [2.45, 2.75) is 82.4 Å². The molecule has 7 rings (SSSR count). The van der Waals surface area contributed by atoms with Crippen LogP contribution in [0.25, 0.3) is 44.5 Å². The predicted molar refractivity (Wildman–Crippen MR) is 218 cm³/mol. The largest absolute Gasteiger partial charge is 0.479 e. The standard InChI is InChI=1S/C28H35NO5.C16H14INO/c1-5-23-24(29-26(34-23)22-14-13-19-10-6-7-11-20(19)16-22)25(32-4)21-12-8-9-18(15-21)17-33-28(2,3)27(30)31;1-2-15-14(10-17)18-16(19-15)13-8-7-11-5-3-4-6-12(11)9-13/h6-7,10-11,13-14,16,18,21,25H,5,8-9,12,15,17H2,1-4H3,(H,30,31);3-9H,2,10H2,1H3/t18-,21+,25?;/m1./s1. The molecule has 1 N–H and O–H groups in total. The van der Waals surface area contributed by atoms with Gasteiger partial charge in [0.15, 0.2) is 5.60 Å². The average molecular weight is 829 g/mol. The fraction of sp³-hybridized carbons (Fsp3) is 0.386. The quantitative estimate of drug-likeness (QED) is 0.0960. The highest BCUT2D eigenvalue weighted by Gasteiger charge is 2.35. The maximum absolute atomic E-state index is 11.4. The molecule has 1 fully saturated rings. The Kier molecular flexibility index (Phi) is 12.7. The lowest BCUT2D eigenvalue weighted by molar-refractivity contribution is -0.163. The van der Waals surface area contributed by atoms with E-state index < -0.39 is 11.6 Å². The Morgan fingerprint density at radius 3 is 1.94 bits per heavy atom. The van der Waals surface area contributed by atoms with Crippen LogP contribution in [0.5, 0.6) is 0 Å². The van der Waals surface area contributed by atoms with Crippen LogP contribution in [0.3, 0.4) is 0 Å². The summed E-state index contributed by atoms with van der Waals surface area (Å²) in [6.45, 7) is 7.82. The molecule has 0 spiro atoms. The number of hydrogen-bond donors (Lipinski definition) is 1. The van der Waals surface area contributed by atoms with Crippen LogP contribution in [0.2, 0.25) is 0 Å². The number of benzene rings is 4. The van der Waals surface area contributed by atoms with E-state index in [1.165, 1.54) is 16.2 Å². The van der Waals surface area contributed by atoms with Crippen molar-refractivity contribution in [2.75, 3.05) is 13.7 Å². The summed E-state index contributed by atoms with van der Waals surface area (Å²) in [5.74, 6) is 2.85. The maximum Gasteiger partial charge on any atom is 0.335 e. The summed E-state index contributed by atoms with van der Waals surface area (Å²) in [4.78, 5) is 20.9. The van der Waals surface area contributed by atoms with Crippen LogP contribution in [-0.2, 0) is 31.5 Å². The fourth-order valence-electron chi connectivity index (χ4n) is 7.17. The summed E-state index contributed by atoms with van der Waals surface area (Å²) >= 11 is 2.33. The molecule has 2 heterocycles. The Balaban J connectivity index is 0.000000213. The summed E-state index contributed by atoms with van der Waals surface area (Å²) < 4.78 is 24.8. The van der Waals surface area contributed by atoms with Gasteiger partial charge >= 0.3 is 5.97 Å². The topological polar surface area (TPSA) is 108 Å². The van der Waals surface area contributed by atoms with E-state index in [2.05, 4.69) is 114 Å². The number of carbonyl (C=O) groups is 1. The number of fused-ring (bicyclic) bond motifs is 2. The van der Waals surface area contributed by atoms with Gasteiger partial charge < -0.3 is 23.4 Å². The molecule has 3 atom stereocenters. The van der Waals surface area contributed by atoms with E-state index in [1.807, 2.05) is 12.1 Å². The number of aryl methyl sites for hydroxylation is 2. The zero-order valence-corrected chi connectivity index (χ0v) is 33.4. The molecule has 1 saturated carbocycles. The van der Waals surface area contributed by atoms with Gasteiger partial charge in [0, 0.05) is 35.5 Å². The smallest absolute Gasteiger partial charge is 0.335 e. The minimum Gasteiger partial charge on any atom is -0.479 e. The molecule has 53 heavy (non-hydrogen) atoms. The second-order valence-corrected chi connectivity index (χ2v) is 15.0. The highest BCUT2D eigenvalue weighted by atomic mass is 127. The van der Waals surface area contributed by atoms with Crippen molar-refractivity contribution >= 4 is 50.1 Å². The normalized spacial score (nSPS) is 16.7. The van der Waals surface area contributed by atoms with E-state index >= 15 is 0 Å². The third kappa shape index (κ3) is 9.01. The summed E-state index contributed by atoms with van der Waals surface area (Å²) in [5.41, 5.74) is 2.77. The number of carboxylic acid groups (broad SMARTS) is 1. The van der Waals surface area contributed by atoms with Crippen molar-refractivity contribution in [3.63, 3.8) is 0 Å². The summed E-state index contributed by atoms with van der Waals surface area (Å²) in [6.07, 6.45) is 5.51. The number of aromatic nitrogens is 2. The number of alkyl halides is 1. The van der Waals surface area contributed by atoms with Crippen LogP contribution in [0, 0.1) is 11.8 Å². The van der Waals surface area contributed by atoms with Gasteiger partial charge in [-0.3, -0.25) is 0 Å². The second kappa shape index (κ2) is 17.4. The van der Waals surface area contributed by atoms with Gasteiger partial charge in [-0.05, 0) is 90.8 Å². The van der Waals surface area contributed by atoms with Crippen LogP contribution in [-0.4, -0.2) is 40.4 Å². The summed E-state index contributed by atoms with van der Waals surface area (Å²) in [6, 6.07) is 29.2. The van der Waals surface area contributed by atoms with Crippen molar-refractivity contribution in [1.29, 1.82) is 0 Å². The lowest BCUT2D eigenvalue weighted by Gasteiger charge is -2.34. The number of nitrogens with zero attached hydrogens (tertiary/aromatic N) is 2. The minimum atomic E-state index is -1.18. The van der Waals surface area contributed by atoms with Crippen molar-refractivity contribution in [1.82, 2.24) is 9.97 Å². The van der Waals surface area contributed by atoms with Gasteiger partial charge in [0.25, 0.3) is 0 Å². The number of halogens is 1. The second-order valence-electron chi connectivity index (χ2n) is 14.3. The first-order valence-electron chi connectivity index (χ1n) is 18.6. The first-order chi connectivity index (χ1) is 25.6. The molecule has 278 valence electrons. The average Bonchev–Trinajstić information content (AvgIpc) is 3.82. The molecule has 8 nitrogen and oxygen atoms in total. The lowest BCUT2D eigenvalue weighted by atomic mass is 9.78. The summed E-state index contributed by atoms with van der Waals surface area (Å²) in [5, 5.41) is 14.1. The number of ether oxygens (including phenoxy) is 2. The van der Waals surface area contributed by atoms with Crippen LogP contribution >= 0.6 is 22.6 Å². The molecule has 0 radical (unpaired) electrons. The molecule has 1 aliphatic rings. The Morgan fingerprint density at radius 2 is 1.42 bits per heavy atom. The number of aliphatic carboxylic acids is 1. The molecule has 2 aromatic heterocycles. The van der Waals surface area contributed by atoms with Gasteiger partial charge in [0.1, 0.15) is 23.3 Å². The number of methoxy groups -OCH3 is 1. The zero-order chi connectivity index (χ0) is 37.5. The predicted octanol–water partition coefficient (Wildman–Crippen LogP) is 11.4. The van der Waals surface area contributed by atoms with E-state index in [9.17, 15) is 9.90 Å². The SMILES string of the molecule is CCc1oc(-c2ccc3ccccc3c2)nc1C(OC)[C@H]1CCC[C@@H](COC(C)(C)C(=O)O)C1.CCc1oc(-c2ccc3ccccc3c2)nc1CI. The first-order valence-corrected chi connectivity index (χ1v) is 20.1. The van der Waals surface area contributed by atoms with Crippen molar-refractivity contribution in [3.05, 3.63) is 108 Å². The molecular formula is C44H49IN2O6. The van der Waals surface area contributed by atoms with E-state index in [0.717, 1.165) is 88.3 Å². The number of carboxylic acids is 1. The monoisotopic (exact) mass is 828 g/mol. The highest BCUT2D eigenvalue weighted by molar-refractivity contribution is 14.1. The fourth-order valence-corrected chi connectivity index (χ4v) is 7.76. The number of oxazole rings is 2. The van der Waals surface area contributed by atoms with Crippen LogP contribution in [0.15, 0.2) is 93.8 Å². The Labute approximate surface area is 325 Å². The Hall–Kier alpha value is -4.06. The lowest BCUT2D eigenvalue weighted by Crippen LogP contribution is -2.37.